The summed E-state index contributed by atoms with van der Waals surface area (Å²) in [7, 11) is 1.70. The van der Waals surface area contributed by atoms with Crippen LogP contribution in [0.25, 0.3) is 0 Å². The molecule has 1 aromatic rings. The third-order valence-electron chi connectivity index (χ3n) is 4.24. The first-order valence-corrected chi connectivity index (χ1v) is 9.23. The van der Waals surface area contributed by atoms with Gasteiger partial charge in [0.25, 0.3) is 0 Å². The summed E-state index contributed by atoms with van der Waals surface area (Å²) in [5.41, 5.74) is -0.576. The van der Waals surface area contributed by atoms with Gasteiger partial charge >= 0.3 is 11.9 Å². The first-order valence-electron chi connectivity index (χ1n) is 9.23. The number of alkyl carbamates (subject to hydrolysis) is 1. The standard InChI is InChI=1S/C17H28N6O5/c1-17(2,3)28-16(25)19-8-7-18-14(24)12-6-5-9-22(10-12)15-13(23(26)27)20-11-21(15)4/h11-12H,5-10H2,1-4H3,(H,18,24)(H,19,25). The molecule has 0 spiro atoms. The summed E-state index contributed by atoms with van der Waals surface area (Å²) in [6.45, 7) is 6.86. The number of aryl methyl sites for hydroxylation is 1. The molecule has 2 amide bonds. The Labute approximate surface area is 163 Å². The van der Waals surface area contributed by atoms with Crippen LogP contribution in [0, 0.1) is 16.0 Å². The highest BCUT2D eigenvalue weighted by molar-refractivity contribution is 5.79. The molecule has 1 fully saturated rings. The summed E-state index contributed by atoms with van der Waals surface area (Å²) < 4.78 is 6.73. The van der Waals surface area contributed by atoms with Crippen molar-refractivity contribution in [2.24, 2.45) is 13.0 Å². The summed E-state index contributed by atoms with van der Waals surface area (Å²) in [6, 6.07) is 0. The molecule has 1 saturated heterocycles. The second-order valence-electron chi connectivity index (χ2n) is 7.76. The van der Waals surface area contributed by atoms with Crippen LogP contribution < -0.4 is 15.5 Å². The third kappa shape index (κ3) is 5.83. The number of nitro groups is 1. The van der Waals surface area contributed by atoms with Gasteiger partial charge in [0.2, 0.25) is 18.1 Å². The van der Waals surface area contributed by atoms with Gasteiger partial charge < -0.3 is 30.4 Å². The van der Waals surface area contributed by atoms with Gasteiger partial charge in [0.15, 0.2) is 0 Å². The van der Waals surface area contributed by atoms with Crippen molar-refractivity contribution in [1.82, 2.24) is 20.2 Å². The van der Waals surface area contributed by atoms with Crippen molar-refractivity contribution in [1.29, 1.82) is 0 Å². The van der Waals surface area contributed by atoms with E-state index in [-0.39, 0.29) is 30.7 Å². The predicted molar refractivity (Wildman–Crippen MR) is 102 cm³/mol. The lowest BCUT2D eigenvalue weighted by Gasteiger charge is -2.32. The number of carbonyl (C=O) groups excluding carboxylic acids is 2. The molecule has 1 atom stereocenters. The van der Waals surface area contributed by atoms with Gasteiger partial charge in [0.1, 0.15) is 5.60 Å². The number of hydrogen-bond acceptors (Lipinski definition) is 7. The van der Waals surface area contributed by atoms with Crippen LogP contribution in [0.15, 0.2) is 6.33 Å². The quantitative estimate of drug-likeness (QED) is 0.419. The fourth-order valence-corrected chi connectivity index (χ4v) is 3.10. The van der Waals surface area contributed by atoms with Crippen molar-refractivity contribution in [3.05, 3.63) is 16.4 Å². The number of aromatic nitrogens is 2. The number of amides is 2. The number of ether oxygens (including phenoxy) is 1. The summed E-state index contributed by atoms with van der Waals surface area (Å²) in [5, 5.41) is 16.6. The highest BCUT2D eigenvalue weighted by Crippen LogP contribution is 2.30. The van der Waals surface area contributed by atoms with Gasteiger partial charge in [-0.3, -0.25) is 9.36 Å². The normalized spacial score (nSPS) is 17.1. The first kappa shape index (κ1) is 21.5. The number of nitrogens with one attached hydrogen (secondary N) is 2. The second kappa shape index (κ2) is 8.89. The van der Waals surface area contributed by atoms with Crippen LogP contribution in [-0.4, -0.2) is 58.3 Å². The van der Waals surface area contributed by atoms with Gasteiger partial charge in [0, 0.05) is 33.2 Å². The van der Waals surface area contributed by atoms with Crippen LogP contribution in [0.3, 0.4) is 0 Å². The van der Waals surface area contributed by atoms with Crippen LogP contribution in [0.5, 0.6) is 0 Å². The fourth-order valence-electron chi connectivity index (χ4n) is 3.10. The molecule has 0 bridgehead atoms. The van der Waals surface area contributed by atoms with Crippen molar-refractivity contribution in [3.8, 4) is 0 Å². The molecule has 156 valence electrons. The second-order valence-corrected chi connectivity index (χ2v) is 7.76. The number of carbonyl (C=O) groups is 2. The zero-order chi connectivity index (χ0) is 20.9. The van der Waals surface area contributed by atoms with Crippen LogP contribution in [0.4, 0.5) is 16.4 Å². The minimum Gasteiger partial charge on any atom is -0.444 e. The van der Waals surface area contributed by atoms with Gasteiger partial charge in [0.05, 0.1) is 5.92 Å². The third-order valence-corrected chi connectivity index (χ3v) is 4.24. The van der Waals surface area contributed by atoms with Gasteiger partial charge in [-0.2, -0.15) is 0 Å². The van der Waals surface area contributed by atoms with Crippen molar-refractivity contribution < 1.29 is 19.2 Å². The molecule has 11 nitrogen and oxygen atoms in total. The minimum atomic E-state index is -0.576. The summed E-state index contributed by atoms with van der Waals surface area (Å²) in [5.74, 6) is -0.218. The van der Waals surface area contributed by atoms with E-state index in [1.165, 1.54) is 6.33 Å². The van der Waals surface area contributed by atoms with Crippen molar-refractivity contribution in [2.75, 3.05) is 31.1 Å². The molecule has 1 aliphatic heterocycles. The zero-order valence-corrected chi connectivity index (χ0v) is 16.7. The van der Waals surface area contributed by atoms with Crippen molar-refractivity contribution >= 4 is 23.6 Å². The SMILES string of the molecule is Cn1cnc([N+](=O)[O-])c1N1CCCC(C(=O)NCCNC(=O)OC(C)(C)C)C1. The van der Waals surface area contributed by atoms with Crippen LogP contribution >= 0.6 is 0 Å². The van der Waals surface area contributed by atoms with Crippen molar-refractivity contribution in [3.63, 3.8) is 0 Å². The molecule has 2 rings (SSSR count). The zero-order valence-electron chi connectivity index (χ0n) is 16.7. The molecule has 11 heteroatoms. The van der Waals surface area contributed by atoms with E-state index < -0.39 is 16.6 Å². The number of nitrogens with zero attached hydrogens (tertiary/aromatic N) is 4. The summed E-state index contributed by atoms with van der Waals surface area (Å²) >= 11 is 0. The Morgan fingerprint density at radius 2 is 2.04 bits per heavy atom. The largest absolute Gasteiger partial charge is 0.444 e. The van der Waals surface area contributed by atoms with E-state index in [0.29, 0.717) is 25.3 Å². The van der Waals surface area contributed by atoms with Crippen LogP contribution in [-0.2, 0) is 16.6 Å². The molecular formula is C17H28N6O5. The topological polar surface area (TPSA) is 132 Å². The van der Waals surface area contributed by atoms with E-state index in [2.05, 4.69) is 15.6 Å². The number of hydrogen-bond donors (Lipinski definition) is 2. The van der Waals surface area contributed by atoms with Gasteiger partial charge in [-0.15, -0.1) is 0 Å². The number of piperidine rings is 1. The van der Waals surface area contributed by atoms with Crippen LogP contribution in [0.1, 0.15) is 33.6 Å². The molecule has 0 radical (unpaired) electrons. The average molecular weight is 396 g/mol. The lowest BCUT2D eigenvalue weighted by atomic mass is 9.97. The van der Waals surface area contributed by atoms with E-state index in [9.17, 15) is 19.7 Å². The Morgan fingerprint density at radius 1 is 1.36 bits per heavy atom. The van der Waals surface area contributed by atoms with E-state index in [4.69, 9.17) is 4.74 Å². The monoisotopic (exact) mass is 396 g/mol. The van der Waals surface area contributed by atoms with E-state index in [1.807, 2.05) is 4.90 Å². The number of anilines is 1. The highest BCUT2D eigenvalue weighted by atomic mass is 16.6. The van der Waals surface area contributed by atoms with Crippen LogP contribution in [0.2, 0.25) is 0 Å². The maximum absolute atomic E-state index is 12.5. The Balaban J connectivity index is 1.84. The Morgan fingerprint density at radius 3 is 2.68 bits per heavy atom. The molecule has 2 heterocycles. The van der Waals surface area contributed by atoms with Gasteiger partial charge in [-0.1, -0.05) is 0 Å². The maximum Gasteiger partial charge on any atom is 0.407 e. The minimum absolute atomic E-state index is 0.138. The molecular weight excluding hydrogens is 368 g/mol. The molecule has 0 saturated carbocycles. The van der Waals surface area contributed by atoms with E-state index in [1.54, 1.807) is 32.4 Å². The predicted octanol–water partition coefficient (Wildman–Crippen LogP) is 1.19. The van der Waals surface area contributed by atoms with E-state index >= 15 is 0 Å². The Hall–Kier alpha value is -2.85. The lowest BCUT2D eigenvalue weighted by Crippen LogP contribution is -2.45. The smallest absolute Gasteiger partial charge is 0.407 e. The maximum atomic E-state index is 12.5. The average Bonchev–Trinajstić information content (AvgIpc) is 2.99. The first-order chi connectivity index (χ1) is 13.1. The van der Waals surface area contributed by atoms with Gasteiger partial charge in [-0.25, -0.2) is 4.79 Å². The molecule has 0 aromatic carbocycles. The lowest BCUT2D eigenvalue weighted by molar-refractivity contribution is -0.388. The van der Waals surface area contributed by atoms with Gasteiger partial charge in [-0.05, 0) is 43.5 Å². The number of imidazole rings is 1. The summed E-state index contributed by atoms with van der Waals surface area (Å²) in [4.78, 5) is 40.4. The molecule has 2 N–H and O–H groups in total. The highest BCUT2D eigenvalue weighted by Gasteiger charge is 2.32. The molecule has 1 aliphatic rings. The fraction of sp³-hybridized carbons (Fsp3) is 0.706. The molecule has 0 aliphatic carbocycles. The Bertz CT molecular complexity index is 726. The molecule has 1 unspecified atom stereocenters. The molecule has 28 heavy (non-hydrogen) atoms. The summed E-state index contributed by atoms with van der Waals surface area (Å²) in [6.07, 6.45) is 2.32. The van der Waals surface area contributed by atoms with Crippen molar-refractivity contribution in [2.45, 2.75) is 39.2 Å². The van der Waals surface area contributed by atoms with E-state index in [0.717, 1.165) is 6.42 Å². The number of rotatable bonds is 6. The molecule has 1 aromatic heterocycles. The Kier molecular flexibility index (Phi) is 6.81.